The second kappa shape index (κ2) is 7.38. The highest BCUT2D eigenvalue weighted by Gasteiger charge is 2.28. The lowest BCUT2D eigenvalue weighted by Crippen LogP contribution is -2.19. The van der Waals surface area contributed by atoms with Gasteiger partial charge in [0, 0.05) is 11.1 Å². The lowest BCUT2D eigenvalue weighted by atomic mass is 9.78. The molecular weight excluding hydrogens is 336 g/mol. The zero-order chi connectivity index (χ0) is 20.6. The van der Waals surface area contributed by atoms with Crippen molar-refractivity contribution >= 4 is 5.97 Å². The zero-order valence-electron chi connectivity index (χ0n) is 17.9. The third-order valence-corrected chi connectivity index (χ3v) is 4.61. The fourth-order valence-corrected chi connectivity index (χ4v) is 3.28. The van der Waals surface area contributed by atoms with Crippen molar-refractivity contribution in [2.45, 2.75) is 72.8 Å². The van der Waals surface area contributed by atoms with E-state index in [2.05, 4.69) is 6.07 Å². The number of rotatable bonds is 3. The normalized spacial score (nSPS) is 12.1. The Hall–Kier alpha value is -2.29. The van der Waals surface area contributed by atoms with E-state index in [1.807, 2.05) is 67.5 Å². The van der Waals surface area contributed by atoms with Gasteiger partial charge in [0.15, 0.2) is 0 Å². The van der Waals surface area contributed by atoms with Gasteiger partial charge in [-0.15, -0.1) is 0 Å². The third kappa shape index (κ3) is 5.12. The van der Waals surface area contributed by atoms with Gasteiger partial charge in [-0.1, -0.05) is 70.9 Å². The van der Waals surface area contributed by atoms with Crippen LogP contribution >= 0.6 is 0 Å². The summed E-state index contributed by atoms with van der Waals surface area (Å²) in [4.78, 5) is 12.8. The molecule has 27 heavy (non-hydrogen) atoms. The van der Waals surface area contributed by atoms with Crippen LogP contribution in [0.3, 0.4) is 0 Å². The van der Waals surface area contributed by atoms with Gasteiger partial charge in [0.05, 0.1) is 5.56 Å². The minimum absolute atomic E-state index is 0.234. The Morgan fingerprint density at radius 1 is 0.852 bits per heavy atom. The highest BCUT2D eigenvalue weighted by atomic mass is 16.5. The van der Waals surface area contributed by atoms with Crippen molar-refractivity contribution in [3.63, 3.8) is 0 Å². The summed E-state index contributed by atoms with van der Waals surface area (Å²) >= 11 is 0. The summed E-state index contributed by atoms with van der Waals surface area (Å²) in [6, 6.07) is 9.66. The SMILES string of the molecule is Cc1cc(C)cc(COC(=O)c2cc(C(C)(C)C)c(O)c(C(C)(C)C)c2)c1. The number of aryl methyl sites for hydroxylation is 2. The first kappa shape index (κ1) is 21.0. The Balaban J connectivity index is 2.37. The first-order chi connectivity index (χ1) is 12.3. The number of esters is 1. The number of hydrogen-bond acceptors (Lipinski definition) is 3. The molecule has 0 saturated carbocycles. The van der Waals surface area contributed by atoms with Crippen molar-refractivity contribution in [2.24, 2.45) is 0 Å². The lowest BCUT2D eigenvalue weighted by Gasteiger charge is -2.28. The van der Waals surface area contributed by atoms with Crippen LogP contribution in [0.4, 0.5) is 0 Å². The molecule has 0 aromatic heterocycles. The molecule has 0 spiro atoms. The third-order valence-electron chi connectivity index (χ3n) is 4.61. The van der Waals surface area contributed by atoms with Crippen LogP contribution in [0.15, 0.2) is 30.3 Å². The summed E-state index contributed by atoms with van der Waals surface area (Å²) in [5.41, 5.74) is 4.70. The number of hydrogen-bond donors (Lipinski definition) is 1. The predicted octanol–water partition coefficient (Wildman–Crippen LogP) is 5.96. The van der Waals surface area contributed by atoms with Gasteiger partial charge >= 0.3 is 5.97 Å². The number of aromatic hydroxyl groups is 1. The molecule has 0 saturated heterocycles. The number of ether oxygens (including phenoxy) is 1. The molecule has 2 rings (SSSR count). The summed E-state index contributed by atoms with van der Waals surface area (Å²) in [7, 11) is 0. The molecule has 0 amide bonds. The van der Waals surface area contributed by atoms with Crippen LogP contribution < -0.4 is 0 Å². The fraction of sp³-hybridized carbons (Fsp3) is 0.458. The van der Waals surface area contributed by atoms with Crippen molar-refractivity contribution in [3.05, 3.63) is 63.7 Å². The van der Waals surface area contributed by atoms with E-state index < -0.39 is 0 Å². The second-order valence-electron chi connectivity index (χ2n) is 9.49. The second-order valence-corrected chi connectivity index (χ2v) is 9.49. The summed E-state index contributed by atoms with van der Waals surface area (Å²) in [5.74, 6) is -0.106. The Labute approximate surface area is 163 Å². The average molecular weight is 369 g/mol. The molecule has 0 fully saturated rings. The van der Waals surface area contributed by atoms with E-state index in [0.717, 1.165) is 27.8 Å². The van der Waals surface area contributed by atoms with Crippen molar-refractivity contribution in [1.29, 1.82) is 0 Å². The predicted molar refractivity (Wildman–Crippen MR) is 111 cm³/mol. The molecule has 0 atom stereocenters. The van der Waals surface area contributed by atoms with Crippen LogP contribution in [0.1, 0.15) is 79.7 Å². The average Bonchev–Trinajstić information content (AvgIpc) is 2.49. The van der Waals surface area contributed by atoms with Gasteiger partial charge in [-0.3, -0.25) is 0 Å². The molecule has 146 valence electrons. The van der Waals surface area contributed by atoms with Crippen LogP contribution in [0.5, 0.6) is 5.75 Å². The Kier molecular flexibility index (Phi) is 5.74. The first-order valence-electron chi connectivity index (χ1n) is 9.41. The monoisotopic (exact) mass is 368 g/mol. The van der Waals surface area contributed by atoms with E-state index in [0.29, 0.717) is 5.56 Å². The molecule has 0 bridgehead atoms. The molecule has 0 aliphatic heterocycles. The largest absolute Gasteiger partial charge is 0.507 e. The summed E-state index contributed by atoms with van der Waals surface area (Å²) < 4.78 is 5.58. The molecule has 3 nitrogen and oxygen atoms in total. The number of carbonyl (C=O) groups is 1. The van der Waals surface area contributed by atoms with Gasteiger partial charge in [0.1, 0.15) is 12.4 Å². The summed E-state index contributed by atoms with van der Waals surface area (Å²) in [6.07, 6.45) is 0. The maximum absolute atomic E-state index is 12.8. The van der Waals surface area contributed by atoms with Gasteiger partial charge in [-0.25, -0.2) is 4.79 Å². The Morgan fingerprint density at radius 3 is 1.70 bits per heavy atom. The summed E-state index contributed by atoms with van der Waals surface area (Å²) in [5, 5.41) is 10.8. The van der Waals surface area contributed by atoms with Crippen molar-refractivity contribution in [1.82, 2.24) is 0 Å². The van der Waals surface area contributed by atoms with Crippen LogP contribution in [0.25, 0.3) is 0 Å². The van der Waals surface area contributed by atoms with Gasteiger partial charge in [0.25, 0.3) is 0 Å². The number of phenolic OH excluding ortho intramolecular Hbond substituents is 1. The van der Waals surface area contributed by atoms with Crippen LogP contribution in [-0.2, 0) is 22.2 Å². The van der Waals surface area contributed by atoms with Gasteiger partial charge < -0.3 is 9.84 Å². The number of phenols is 1. The minimum Gasteiger partial charge on any atom is -0.507 e. The smallest absolute Gasteiger partial charge is 0.338 e. The van der Waals surface area contributed by atoms with Crippen molar-refractivity contribution in [3.8, 4) is 5.75 Å². The molecule has 0 unspecified atom stereocenters. The molecule has 0 radical (unpaired) electrons. The quantitative estimate of drug-likeness (QED) is 0.680. The molecule has 0 aliphatic rings. The lowest BCUT2D eigenvalue weighted by molar-refractivity contribution is 0.0472. The highest BCUT2D eigenvalue weighted by molar-refractivity contribution is 5.90. The topological polar surface area (TPSA) is 46.5 Å². The van der Waals surface area contributed by atoms with E-state index in [4.69, 9.17) is 4.74 Å². The van der Waals surface area contributed by atoms with E-state index in [9.17, 15) is 9.90 Å². The Morgan fingerprint density at radius 2 is 1.30 bits per heavy atom. The maximum atomic E-state index is 12.8. The van der Waals surface area contributed by atoms with E-state index in [-0.39, 0.29) is 29.2 Å². The zero-order valence-corrected chi connectivity index (χ0v) is 17.9. The van der Waals surface area contributed by atoms with Gasteiger partial charge in [0.2, 0.25) is 0 Å². The highest BCUT2D eigenvalue weighted by Crippen LogP contribution is 2.39. The van der Waals surface area contributed by atoms with Crippen LogP contribution in [-0.4, -0.2) is 11.1 Å². The molecular formula is C24H32O3. The maximum Gasteiger partial charge on any atom is 0.338 e. The molecule has 2 aromatic rings. The van der Waals surface area contributed by atoms with Crippen LogP contribution in [0, 0.1) is 13.8 Å². The Bertz CT molecular complexity index is 794. The number of carbonyl (C=O) groups excluding carboxylic acids is 1. The molecule has 2 aromatic carbocycles. The summed E-state index contributed by atoms with van der Waals surface area (Å²) in [6.45, 7) is 16.5. The van der Waals surface area contributed by atoms with Crippen molar-refractivity contribution in [2.75, 3.05) is 0 Å². The van der Waals surface area contributed by atoms with Gasteiger partial charge in [-0.05, 0) is 42.4 Å². The number of benzene rings is 2. The minimum atomic E-state index is -0.370. The standard InChI is InChI=1S/C24H32O3/c1-15-9-16(2)11-17(10-15)14-27-22(26)18-12-19(23(3,4)5)21(25)20(13-18)24(6,7)8/h9-13,25H,14H2,1-8H3. The van der Waals surface area contributed by atoms with E-state index in [1.165, 1.54) is 0 Å². The van der Waals surface area contributed by atoms with E-state index in [1.54, 1.807) is 12.1 Å². The molecule has 1 N–H and O–H groups in total. The molecule has 0 heterocycles. The first-order valence-corrected chi connectivity index (χ1v) is 9.41. The van der Waals surface area contributed by atoms with Crippen molar-refractivity contribution < 1.29 is 14.6 Å². The molecule has 3 heteroatoms. The van der Waals surface area contributed by atoms with Gasteiger partial charge in [-0.2, -0.15) is 0 Å². The van der Waals surface area contributed by atoms with Crippen LogP contribution in [0.2, 0.25) is 0 Å². The molecule has 0 aliphatic carbocycles. The fourth-order valence-electron chi connectivity index (χ4n) is 3.28. The van der Waals surface area contributed by atoms with E-state index >= 15 is 0 Å².